The van der Waals surface area contributed by atoms with E-state index in [1.165, 1.54) is 5.56 Å². The van der Waals surface area contributed by atoms with Crippen molar-refractivity contribution in [3.63, 3.8) is 0 Å². The van der Waals surface area contributed by atoms with E-state index in [0.29, 0.717) is 0 Å². The first kappa shape index (κ1) is 8.01. The van der Waals surface area contributed by atoms with Gasteiger partial charge in [-0.05, 0) is 0 Å². The van der Waals surface area contributed by atoms with Crippen molar-refractivity contribution in [2.45, 2.75) is 0 Å². The minimum absolute atomic E-state index is 0.212. The van der Waals surface area contributed by atoms with Crippen LogP contribution in [0.25, 0.3) is 6.08 Å². The normalized spacial score (nSPS) is 10.9. The molecule has 0 saturated heterocycles. The van der Waals surface area contributed by atoms with Gasteiger partial charge in [0.1, 0.15) is 0 Å². The van der Waals surface area contributed by atoms with Crippen LogP contribution >= 0.6 is 9.53 Å². The molecule has 0 heterocycles. The summed E-state index contributed by atoms with van der Waals surface area (Å²) >= 11 is 0.212. The molecule has 0 bridgehead atoms. The third kappa shape index (κ3) is 2.66. The van der Waals surface area contributed by atoms with Gasteiger partial charge in [0, 0.05) is 0 Å². The monoisotopic (exact) mass is 244 g/mol. The third-order valence-corrected chi connectivity index (χ3v) is 2.01. The molecule has 0 nitrogen and oxygen atoms in total. The van der Waals surface area contributed by atoms with Crippen LogP contribution in [0.5, 0.6) is 0 Å². The topological polar surface area (TPSA) is 0 Å². The van der Waals surface area contributed by atoms with Gasteiger partial charge in [0.2, 0.25) is 0 Å². The molecule has 56 valence electrons. The van der Waals surface area contributed by atoms with Crippen LogP contribution in [0.4, 0.5) is 0 Å². The summed E-state index contributed by atoms with van der Waals surface area (Å²) in [6.07, 6.45) is 2.03. The SMILES string of the molecule is [Cl][Pd][CH]=Cc1ccccc1. The zero-order valence-electron chi connectivity index (χ0n) is 5.24. The molecule has 0 spiro atoms. The summed E-state index contributed by atoms with van der Waals surface area (Å²) in [5.41, 5.74) is 1.21. The van der Waals surface area contributed by atoms with Gasteiger partial charge in [0.05, 0.1) is 0 Å². The van der Waals surface area contributed by atoms with Crippen LogP contribution in [0.2, 0.25) is 0 Å². The molecule has 0 radical (unpaired) electrons. The van der Waals surface area contributed by atoms with E-state index >= 15 is 0 Å². The predicted molar refractivity (Wildman–Crippen MR) is 41.3 cm³/mol. The standard InChI is InChI=1S/C8H7.ClH.Pd/c1-2-8-6-4-3-5-7-8;;/h1-7H;1H;/q;;+1/p-1. The van der Waals surface area contributed by atoms with Gasteiger partial charge in [-0.15, -0.1) is 0 Å². The third-order valence-electron chi connectivity index (χ3n) is 1.08. The summed E-state index contributed by atoms with van der Waals surface area (Å²) in [6, 6.07) is 10.1. The number of halogens is 1. The van der Waals surface area contributed by atoms with Crippen molar-refractivity contribution in [1.29, 1.82) is 0 Å². The Balaban J connectivity index is 2.67. The summed E-state index contributed by atoms with van der Waals surface area (Å²) in [5, 5.41) is 0. The maximum absolute atomic E-state index is 5.51. The van der Waals surface area contributed by atoms with E-state index in [4.69, 9.17) is 9.53 Å². The summed E-state index contributed by atoms with van der Waals surface area (Å²) in [5.74, 6) is 0. The van der Waals surface area contributed by atoms with E-state index in [-0.39, 0.29) is 17.0 Å². The van der Waals surface area contributed by atoms with E-state index in [9.17, 15) is 0 Å². The van der Waals surface area contributed by atoms with Crippen molar-refractivity contribution in [3.05, 3.63) is 40.4 Å². The Morgan fingerprint density at radius 3 is 2.50 bits per heavy atom. The number of benzene rings is 1. The molecule has 2 heteroatoms. The first-order valence-electron chi connectivity index (χ1n) is 2.83. The zero-order chi connectivity index (χ0) is 7.23. The molecule has 0 aliphatic heterocycles. The van der Waals surface area contributed by atoms with E-state index < -0.39 is 0 Å². The Kier molecular flexibility index (Phi) is 3.75. The molecule has 0 N–H and O–H groups in total. The molecule has 1 aromatic carbocycles. The van der Waals surface area contributed by atoms with Gasteiger partial charge in [-0.25, -0.2) is 0 Å². The molecule has 1 aromatic rings. The summed E-state index contributed by atoms with van der Waals surface area (Å²) in [6.45, 7) is 0. The molecule has 0 aliphatic carbocycles. The van der Waals surface area contributed by atoms with Crippen molar-refractivity contribution >= 4 is 15.6 Å². The van der Waals surface area contributed by atoms with Crippen molar-refractivity contribution in [3.8, 4) is 0 Å². The fourth-order valence-corrected chi connectivity index (χ4v) is 1.28. The molecule has 0 unspecified atom stereocenters. The van der Waals surface area contributed by atoms with Crippen LogP contribution in [0.3, 0.4) is 0 Å². The second kappa shape index (κ2) is 4.69. The average molecular weight is 245 g/mol. The number of hydrogen-bond donors (Lipinski definition) is 0. The van der Waals surface area contributed by atoms with E-state index in [1.807, 2.05) is 28.8 Å². The van der Waals surface area contributed by atoms with Crippen molar-refractivity contribution in [1.82, 2.24) is 0 Å². The molecular weight excluding hydrogens is 238 g/mol. The fraction of sp³-hybridized carbons (Fsp3) is 0. The van der Waals surface area contributed by atoms with E-state index in [1.54, 1.807) is 0 Å². The second-order valence-electron chi connectivity index (χ2n) is 1.75. The quantitative estimate of drug-likeness (QED) is 0.702. The Hall–Kier alpha value is -0.0877. The van der Waals surface area contributed by atoms with Crippen LogP contribution in [-0.2, 0) is 17.0 Å². The van der Waals surface area contributed by atoms with Gasteiger partial charge in [0.15, 0.2) is 0 Å². The van der Waals surface area contributed by atoms with Crippen LogP contribution in [-0.4, -0.2) is 0 Å². The van der Waals surface area contributed by atoms with Gasteiger partial charge >= 0.3 is 73.0 Å². The van der Waals surface area contributed by atoms with Crippen LogP contribution in [0.1, 0.15) is 5.56 Å². The Labute approximate surface area is 73.0 Å². The van der Waals surface area contributed by atoms with Crippen molar-refractivity contribution < 1.29 is 17.0 Å². The summed E-state index contributed by atoms with van der Waals surface area (Å²) in [4.78, 5) is 0. The van der Waals surface area contributed by atoms with E-state index in [0.717, 1.165) is 0 Å². The molecule has 0 amide bonds. The van der Waals surface area contributed by atoms with Gasteiger partial charge < -0.3 is 0 Å². The molecule has 0 aromatic heterocycles. The second-order valence-corrected chi connectivity index (χ2v) is 3.43. The first-order chi connectivity index (χ1) is 4.93. The zero-order valence-corrected chi connectivity index (χ0v) is 7.55. The van der Waals surface area contributed by atoms with Gasteiger partial charge in [-0.3, -0.25) is 0 Å². The Morgan fingerprint density at radius 2 is 1.90 bits per heavy atom. The molecule has 0 saturated carbocycles. The van der Waals surface area contributed by atoms with Crippen molar-refractivity contribution in [2.75, 3.05) is 0 Å². The minimum atomic E-state index is 0.212. The fourth-order valence-electron chi connectivity index (χ4n) is 0.645. The first-order valence-corrected chi connectivity index (χ1v) is 5.73. The number of hydrogen-bond acceptors (Lipinski definition) is 0. The van der Waals surface area contributed by atoms with Crippen LogP contribution in [0, 0.1) is 0 Å². The molecular formula is C8H7ClPd. The Bertz CT molecular complexity index is 206. The molecule has 1 rings (SSSR count). The summed E-state index contributed by atoms with van der Waals surface area (Å²) < 4.78 is 1.98. The van der Waals surface area contributed by atoms with E-state index in [2.05, 4.69) is 12.1 Å². The van der Waals surface area contributed by atoms with Crippen molar-refractivity contribution in [2.24, 2.45) is 0 Å². The predicted octanol–water partition coefficient (Wildman–Crippen LogP) is 2.89. The van der Waals surface area contributed by atoms with Gasteiger partial charge in [0.25, 0.3) is 0 Å². The average Bonchev–Trinajstić information content (AvgIpc) is 2.03. The maximum atomic E-state index is 5.51. The molecule has 10 heavy (non-hydrogen) atoms. The molecule has 0 atom stereocenters. The van der Waals surface area contributed by atoms with Gasteiger partial charge in [-0.2, -0.15) is 0 Å². The van der Waals surface area contributed by atoms with Gasteiger partial charge in [-0.1, -0.05) is 0 Å². The number of rotatable bonds is 2. The Morgan fingerprint density at radius 1 is 1.20 bits per heavy atom. The molecule has 0 fully saturated rings. The van der Waals surface area contributed by atoms with Crippen LogP contribution in [0.15, 0.2) is 34.9 Å². The summed E-state index contributed by atoms with van der Waals surface area (Å²) in [7, 11) is 5.51. The van der Waals surface area contributed by atoms with Crippen LogP contribution < -0.4 is 0 Å². The molecule has 0 aliphatic rings.